The van der Waals surface area contributed by atoms with E-state index in [9.17, 15) is 8.42 Å². The van der Waals surface area contributed by atoms with Crippen LogP contribution in [-0.2, 0) is 21.2 Å². The van der Waals surface area contributed by atoms with E-state index in [-0.39, 0.29) is 6.04 Å². The van der Waals surface area contributed by atoms with Crippen molar-refractivity contribution >= 4 is 32.8 Å². The van der Waals surface area contributed by atoms with Gasteiger partial charge in [0.1, 0.15) is 5.65 Å². The number of aromatic amines is 1. The quantitative estimate of drug-likeness (QED) is 0.694. The van der Waals surface area contributed by atoms with Gasteiger partial charge in [-0.25, -0.2) is 18.4 Å². The maximum absolute atomic E-state index is 12.4. The number of H-pyrrole nitrogens is 1. The molecule has 9 nitrogen and oxygen atoms in total. The molecule has 152 valence electrons. The van der Waals surface area contributed by atoms with Crippen LogP contribution in [0.25, 0.3) is 22.3 Å². The van der Waals surface area contributed by atoms with Crippen LogP contribution in [0.1, 0.15) is 12.5 Å². The SMILES string of the molecule is C[C@@H]1COCCN1c1nc(-c2ccnc3[nH]ccc23)c2c(n1)N(S(C)(=O)=O)CC2. The minimum Gasteiger partial charge on any atom is -0.377 e. The van der Waals surface area contributed by atoms with Gasteiger partial charge in [0.15, 0.2) is 5.82 Å². The van der Waals surface area contributed by atoms with Crippen LogP contribution < -0.4 is 9.21 Å². The lowest BCUT2D eigenvalue weighted by molar-refractivity contribution is 0.0981. The number of pyridine rings is 1. The molecule has 10 heteroatoms. The van der Waals surface area contributed by atoms with E-state index in [0.29, 0.717) is 44.5 Å². The van der Waals surface area contributed by atoms with Crippen LogP contribution in [-0.4, -0.2) is 67.0 Å². The Hall–Kier alpha value is -2.72. The van der Waals surface area contributed by atoms with Gasteiger partial charge >= 0.3 is 0 Å². The lowest BCUT2D eigenvalue weighted by Gasteiger charge is -2.34. The third kappa shape index (κ3) is 3.03. The number of fused-ring (bicyclic) bond motifs is 2. The van der Waals surface area contributed by atoms with Gasteiger partial charge in [0.25, 0.3) is 0 Å². The average Bonchev–Trinajstić information content (AvgIpc) is 3.34. The molecule has 0 saturated carbocycles. The lowest BCUT2D eigenvalue weighted by Crippen LogP contribution is -2.44. The Morgan fingerprint density at radius 3 is 2.90 bits per heavy atom. The third-order valence-electron chi connectivity index (χ3n) is 5.51. The number of nitrogens with one attached hydrogen (secondary N) is 1. The number of ether oxygens (including phenoxy) is 1. The summed E-state index contributed by atoms with van der Waals surface area (Å²) in [6.45, 7) is 4.27. The number of nitrogens with zero attached hydrogens (tertiary/aromatic N) is 5. The predicted molar refractivity (Wildman–Crippen MR) is 111 cm³/mol. The summed E-state index contributed by atoms with van der Waals surface area (Å²) in [5.41, 5.74) is 3.32. The number of aromatic nitrogens is 4. The van der Waals surface area contributed by atoms with Gasteiger partial charge in [0.05, 0.1) is 31.2 Å². The molecule has 0 radical (unpaired) electrons. The van der Waals surface area contributed by atoms with Gasteiger partial charge in [-0.2, -0.15) is 4.98 Å². The summed E-state index contributed by atoms with van der Waals surface area (Å²) < 4.78 is 31.7. The van der Waals surface area contributed by atoms with Crippen LogP contribution in [0.4, 0.5) is 11.8 Å². The summed E-state index contributed by atoms with van der Waals surface area (Å²) in [6, 6.07) is 3.99. The molecule has 3 aromatic heterocycles. The zero-order valence-corrected chi connectivity index (χ0v) is 17.1. The van der Waals surface area contributed by atoms with Crippen LogP contribution in [0, 0.1) is 0 Å². The molecule has 1 saturated heterocycles. The van der Waals surface area contributed by atoms with E-state index >= 15 is 0 Å². The molecule has 1 fully saturated rings. The van der Waals surface area contributed by atoms with Crippen molar-refractivity contribution in [3.63, 3.8) is 0 Å². The molecular weight excluding hydrogens is 392 g/mol. The van der Waals surface area contributed by atoms with Gasteiger partial charge < -0.3 is 14.6 Å². The molecule has 0 aliphatic carbocycles. The Bertz CT molecular complexity index is 1190. The van der Waals surface area contributed by atoms with Gasteiger partial charge in [-0.15, -0.1) is 0 Å². The second-order valence-electron chi connectivity index (χ2n) is 7.48. The summed E-state index contributed by atoms with van der Waals surface area (Å²) in [6.07, 6.45) is 5.38. The molecule has 29 heavy (non-hydrogen) atoms. The van der Waals surface area contributed by atoms with Crippen LogP contribution in [0.15, 0.2) is 24.5 Å². The second-order valence-corrected chi connectivity index (χ2v) is 9.38. The van der Waals surface area contributed by atoms with E-state index in [2.05, 4.69) is 21.8 Å². The third-order valence-corrected chi connectivity index (χ3v) is 6.67. The first-order valence-corrected chi connectivity index (χ1v) is 11.4. The fraction of sp³-hybridized carbons (Fsp3) is 0.421. The Morgan fingerprint density at radius 2 is 2.10 bits per heavy atom. The molecule has 2 aliphatic rings. The van der Waals surface area contributed by atoms with Crippen LogP contribution in [0.5, 0.6) is 0 Å². The first-order valence-electron chi connectivity index (χ1n) is 9.59. The first-order chi connectivity index (χ1) is 13.9. The van der Waals surface area contributed by atoms with Crippen molar-refractivity contribution < 1.29 is 13.2 Å². The smallest absolute Gasteiger partial charge is 0.233 e. The highest BCUT2D eigenvalue weighted by Crippen LogP contribution is 2.38. The Morgan fingerprint density at radius 1 is 1.24 bits per heavy atom. The van der Waals surface area contributed by atoms with Crippen LogP contribution in [0.3, 0.4) is 0 Å². The van der Waals surface area contributed by atoms with Gasteiger partial charge in [-0.05, 0) is 25.5 Å². The lowest BCUT2D eigenvalue weighted by atomic mass is 10.0. The van der Waals surface area contributed by atoms with Gasteiger partial charge in [0, 0.05) is 42.0 Å². The molecule has 5 heterocycles. The summed E-state index contributed by atoms with van der Waals surface area (Å²) in [7, 11) is -3.43. The molecule has 1 atom stereocenters. The summed E-state index contributed by atoms with van der Waals surface area (Å²) >= 11 is 0. The minimum atomic E-state index is -3.43. The van der Waals surface area contributed by atoms with Crippen molar-refractivity contribution in [1.29, 1.82) is 0 Å². The Kier molecular flexibility index (Phi) is 4.21. The predicted octanol–water partition coefficient (Wildman–Crippen LogP) is 1.57. The van der Waals surface area contributed by atoms with Gasteiger partial charge in [-0.3, -0.25) is 4.31 Å². The van der Waals surface area contributed by atoms with Crippen molar-refractivity contribution in [2.24, 2.45) is 0 Å². The number of morpholine rings is 1. The summed E-state index contributed by atoms with van der Waals surface area (Å²) in [5.74, 6) is 1.01. The molecule has 1 N–H and O–H groups in total. The highest BCUT2D eigenvalue weighted by molar-refractivity contribution is 7.92. The van der Waals surface area contributed by atoms with E-state index in [1.165, 1.54) is 10.6 Å². The van der Waals surface area contributed by atoms with E-state index in [4.69, 9.17) is 14.7 Å². The van der Waals surface area contributed by atoms with Crippen molar-refractivity contribution in [2.75, 3.05) is 41.8 Å². The molecule has 0 unspecified atom stereocenters. The molecule has 2 aliphatic heterocycles. The highest BCUT2D eigenvalue weighted by Gasteiger charge is 2.33. The Labute approximate surface area is 168 Å². The fourth-order valence-electron chi connectivity index (χ4n) is 4.08. The molecule has 5 rings (SSSR count). The van der Waals surface area contributed by atoms with E-state index in [1.807, 2.05) is 18.3 Å². The van der Waals surface area contributed by atoms with E-state index in [1.54, 1.807) is 6.20 Å². The van der Waals surface area contributed by atoms with Crippen molar-refractivity contribution in [3.05, 3.63) is 30.1 Å². The van der Waals surface area contributed by atoms with Gasteiger partial charge in [0.2, 0.25) is 16.0 Å². The summed E-state index contributed by atoms with van der Waals surface area (Å²) in [4.78, 5) is 19.2. The van der Waals surface area contributed by atoms with Gasteiger partial charge in [-0.1, -0.05) is 0 Å². The highest BCUT2D eigenvalue weighted by atomic mass is 32.2. The molecule has 0 amide bonds. The average molecular weight is 414 g/mol. The second kappa shape index (κ2) is 6.67. The van der Waals surface area contributed by atoms with E-state index < -0.39 is 10.0 Å². The number of hydrogen-bond donors (Lipinski definition) is 1. The molecule has 0 aromatic carbocycles. The number of rotatable bonds is 3. The minimum absolute atomic E-state index is 0.104. The van der Waals surface area contributed by atoms with Crippen molar-refractivity contribution in [3.8, 4) is 11.3 Å². The van der Waals surface area contributed by atoms with Crippen LogP contribution in [0.2, 0.25) is 0 Å². The molecule has 0 spiro atoms. The number of anilines is 2. The van der Waals surface area contributed by atoms with Crippen molar-refractivity contribution in [1.82, 2.24) is 19.9 Å². The molecule has 3 aromatic rings. The Balaban J connectivity index is 1.75. The molecular formula is C19H22N6O3S. The first kappa shape index (κ1) is 18.3. The number of sulfonamides is 1. The van der Waals surface area contributed by atoms with Crippen molar-refractivity contribution in [2.45, 2.75) is 19.4 Å². The fourth-order valence-corrected chi connectivity index (χ4v) is 4.97. The van der Waals surface area contributed by atoms with Crippen LogP contribution >= 0.6 is 0 Å². The zero-order chi connectivity index (χ0) is 20.2. The maximum atomic E-state index is 12.4. The monoisotopic (exact) mass is 414 g/mol. The van der Waals surface area contributed by atoms with E-state index in [0.717, 1.165) is 27.9 Å². The summed E-state index contributed by atoms with van der Waals surface area (Å²) in [5, 5.41) is 0.951. The number of hydrogen-bond acceptors (Lipinski definition) is 7. The maximum Gasteiger partial charge on any atom is 0.233 e. The topological polar surface area (TPSA) is 104 Å². The molecule has 0 bridgehead atoms. The normalized spacial score (nSPS) is 19.7. The standard InChI is InChI=1S/C19H22N6O3S/c1-12-11-28-10-9-24(12)19-22-16(13-3-6-20-17-14(13)4-7-21-17)15-5-8-25(18(15)23-19)29(2,26)27/h3-4,6-7,12H,5,8-11H2,1-2H3,(H,20,21)/t12-/m1/s1. The largest absolute Gasteiger partial charge is 0.377 e. The zero-order valence-electron chi connectivity index (χ0n) is 16.3.